The SMILES string of the molecule is C=C1CCC(OCC2CC2)C(N2CC(F)(F)C2)=NC=C1C(=O)N1CCCC1C. The summed E-state index contributed by atoms with van der Waals surface area (Å²) in [7, 11) is 0. The molecule has 4 rings (SSSR count). The molecule has 3 aliphatic heterocycles. The van der Waals surface area contributed by atoms with Gasteiger partial charge in [0, 0.05) is 18.8 Å². The van der Waals surface area contributed by atoms with Crippen LogP contribution in [-0.2, 0) is 9.53 Å². The summed E-state index contributed by atoms with van der Waals surface area (Å²) in [6.07, 6.45) is 6.74. The Balaban J connectivity index is 1.57. The first-order chi connectivity index (χ1) is 13.3. The van der Waals surface area contributed by atoms with Crippen molar-refractivity contribution in [1.29, 1.82) is 0 Å². The Bertz CT molecular complexity index is 706. The molecule has 0 aromatic heterocycles. The third kappa shape index (κ3) is 4.14. The first-order valence-corrected chi connectivity index (χ1v) is 10.4. The summed E-state index contributed by atoms with van der Waals surface area (Å²) >= 11 is 0. The zero-order valence-electron chi connectivity index (χ0n) is 16.5. The van der Waals surface area contributed by atoms with E-state index in [9.17, 15) is 13.6 Å². The van der Waals surface area contributed by atoms with Gasteiger partial charge < -0.3 is 14.5 Å². The largest absolute Gasteiger partial charge is 0.370 e. The van der Waals surface area contributed by atoms with Gasteiger partial charge in [0.1, 0.15) is 11.9 Å². The molecule has 4 aliphatic rings. The van der Waals surface area contributed by atoms with E-state index in [1.54, 1.807) is 4.90 Å². The van der Waals surface area contributed by atoms with Gasteiger partial charge in [-0.2, -0.15) is 0 Å². The quantitative estimate of drug-likeness (QED) is 0.736. The number of amides is 1. The number of carbonyl (C=O) groups excluding carboxylic acids is 1. The number of halogens is 2. The van der Waals surface area contributed by atoms with Crippen molar-refractivity contribution < 1.29 is 18.3 Å². The first kappa shape index (κ1) is 19.6. The lowest BCUT2D eigenvalue weighted by atomic mass is 9.97. The van der Waals surface area contributed by atoms with Crippen molar-refractivity contribution in [3.05, 3.63) is 23.9 Å². The molecule has 0 aromatic rings. The Labute approximate surface area is 165 Å². The molecule has 0 radical (unpaired) electrons. The Morgan fingerprint density at radius 3 is 2.68 bits per heavy atom. The van der Waals surface area contributed by atoms with Gasteiger partial charge in [-0.1, -0.05) is 6.58 Å². The van der Waals surface area contributed by atoms with Gasteiger partial charge in [0.25, 0.3) is 11.8 Å². The van der Waals surface area contributed by atoms with Crippen LogP contribution in [0.1, 0.15) is 45.4 Å². The summed E-state index contributed by atoms with van der Waals surface area (Å²) in [5.74, 6) is -1.62. The number of hydrogen-bond acceptors (Lipinski definition) is 4. The van der Waals surface area contributed by atoms with Crippen LogP contribution >= 0.6 is 0 Å². The Hall–Kier alpha value is -1.76. The van der Waals surface area contributed by atoms with Crippen LogP contribution in [0.15, 0.2) is 28.9 Å². The summed E-state index contributed by atoms with van der Waals surface area (Å²) in [4.78, 5) is 21.0. The molecule has 1 aliphatic carbocycles. The van der Waals surface area contributed by atoms with Crippen LogP contribution in [0, 0.1) is 5.92 Å². The predicted octanol–water partition coefficient (Wildman–Crippen LogP) is 3.38. The van der Waals surface area contributed by atoms with Crippen LogP contribution in [-0.4, -0.2) is 65.9 Å². The topological polar surface area (TPSA) is 45.1 Å². The predicted molar refractivity (Wildman–Crippen MR) is 103 cm³/mol. The van der Waals surface area contributed by atoms with Crippen LogP contribution in [0.25, 0.3) is 0 Å². The molecule has 0 spiro atoms. The van der Waals surface area contributed by atoms with E-state index in [2.05, 4.69) is 18.5 Å². The standard InChI is InChI=1S/C21H29F2N3O2/c1-14-5-8-18(28-11-16-6-7-16)19(25-12-21(22,23)13-25)24-10-17(14)20(27)26-9-3-4-15(26)2/h10,15-16,18H,1,3-9,11-13H2,2H3. The second-order valence-corrected chi connectivity index (χ2v) is 8.64. The fourth-order valence-electron chi connectivity index (χ4n) is 4.12. The zero-order chi connectivity index (χ0) is 19.9. The maximum Gasteiger partial charge on any atom is 0.282 e. The summed E-state index contributed by atoms with van der Waals surface area (Å²) in [6, 6.07) is 0.207. The summed E-state index contributed by atoms with van der Waals surface area (Å²) < 4.78 is 33.0. The van der Waals surface area contributed by atoms with E-state index in [1.807, 2.05) is 4.90 Å². The molecule has 5 nitrogen and oxygen atoms in total. The van der Waals surface area contributed by atoms with E-state index < -0.39 is 5.92 Å². The van der Waals surface area contributed by atoms with E-state index >= 15 is 0 Å². The van der Waals surface area contributed by atoms with Gasteiger partial charge in [-0.3, -0.25) is 4.79 Å². The molecule has 1 saturated carbocycles. The smallest absolute Gasteiger partial charge is 0.282 e. The van der Waals surface area contributed by atoms with Crippen molar-refractivity contribution in [2.45, 2.75) is 63.5 Å². The Morgan fingerprint density at radius 1 is 1.32 bits per heavy atom. The van der Waals surface area contributed by atoms with Crippen molar-refractivity contribution in [1.82, 2.24) is 9.80 Å². The van der Waals surface area contributed by atoms with Gasteiger partial charge in [0.15, 0.2) is 0 Å². The lowest BCUT2D eigenvalue weighted by Crippen LogP contribution is -2.61. The highest BCUT2D eigenvalue weighted by Crippen LogP contribution is 2.33. The summed E-state index contributed by atoms with van der Waals surface area (Å²) in [6.45, 7) is 6.87. The molecule has 154 valence electrons. The Kier molecular flexibility index (Phi) is 5.29. The number of carbonyl (C=O) groups is 1. The fraction of sp³-hybridized carbons (Fsp3) is 0.714. The van der Waals surface area contributed by atoms with Crippen molar-refractivity contribution in [2.24, 2.45) is 10.9 Å². The second-order valence-electron chi connectivity index (χ2n) is 8.64. The lowest BCUT2D eigenvalue weighted by Gasteiger charge is -2.43. The Morgan fingerprint density at radius 2 is 2.07 bits per heavy atom. The number of ether oxygens (including phenoxy) is 1. The van der Waals surface area contributed by atoms with E-state index in [1.165, 1.54) is 19.0 Å². The van der Waals surface area contributed by atoms with Gasteiger partial charge in [-0.15, -0.1) is 0 Å². The maximum absolute atomic E-state index is 13.5. The number of rotatable bonds is 4. The highest BCUT2D eigenvalue weighted by atomic mass is 19.3. The third-order valence-electron chi connectivity index (χ3n) is 6.15. The molecule has 1 amide bonds. The average molecular weight is 393 g/mol. The van der Waals surface area contributed by atoms with Gasteiger partial charge in [0.05, 0.1) is 25.3 Å². The molecule has 0 bridgehead atoms. The molecule has 28 heavy (non-hydrogen) atoms. The van der Waals surface area contributed by atoms with Crippen LogP contribution in [0.5, 0.6) is 0 Å². The lowest BCUT2D eigenvalue weighted by molar-refractivity contribution is -0.127. The highest BCUT2D eigenvalue weighted by molar-refractivity contribution is 5.99. The van der Waals surface area contributed by atoms with Gasteiger partial charge in [-0.05, 0) is 56.9 Å². The molecule has 0 aromatic carbocycles. The number of nitrogens with zero attached hydrogens (tertiary/aromatic N) is 3. The number of aliphatic imine (C=N–C) groups is 1. The number of likely N-dealkylation sites (tertiary alicyclic amines) is 2. The minimum atomic E-state index is -2.68. The number of hydrogen-bond donors (Lipinski definition) is 0. The van der Waals surface area contributed by atoms with Crippen LogP contribution in [0.3, 0.4) is 0 Å². The molecule has 3 fully saturated rings. The maximum atomic E-state index is 13.5. The highest BCUT2D eigenvalue weighted by Gasteiger charge is 2.47. The average Bonchev–Trinajstić information content (AvgIpc) is 3.34. The van der Waals surface area contributed by atoms with Crippen LogP contribution in [0.4, 0.5) is 8.78 Å². The monoisotopic (exact) mass is 393 g/mol. The molecule has 2 atom stereocenters. The fourth-order valence-corrected chi connectivity index (χ4v) is 4.12. The first-order valence-electron chi connectivity index (χ1n) is 10.4. The van der Waals surface area contributed by atoms with Gasteiger partial charge >= 0.3 is 0 Å². The summed E-state index contributed by atoms with van der Waals surface area (Å²) in [5.41, 5.74) is 1.25. The van der Waals surface area contributed by atoms with E-state index in [-0.39, 0.29) is 31.1 Å². The minimum Gasteiger partial charge on any atom is -0.370 e. The third-order valence-corrected chi connectivity index (χ3v) is 6.15. The molecule has 0 N–H and O–H groups in total. The molecular formula is C21H29F2N3O2. The van der Waals surface area contributed by atoms with Crippen molar-refractivity contribution in [3.63, 3.8) is 0 Å². The van der Waals surface area contributed by atoms with Crippen molar-refractivity contribution in [2.75, 3.05) is 26.2 Å². The minimum absolute atomic E-state index is 0.0515. The van der Waals surface area contributed by atoms with E-state index in [4.69, 9.17) is 4.74 Å². The van der Waals surface area contributed by atoms with Gasteiger partial charge in [-0.25, -0.2) is 13.8 Å². The zero-order valence-corrected chi connectivity index (χ0v) is 16.5. The molecule has 2 saturated heterocycles. The number of amidine groups is 1. The van der Waals surface area contributed by atoms with Gasteiger partial charge in [0.2, 0.25) is 0 Å². The van der Waals surface area contributed by atoms with Crippen molar-refractivity contribution in [3.8, 4) is 0 Å². The molecule has 3 heterocycles. The second kappa shape index (κ2) is 7.58. The molecular weight excluding hydrogens is 364 g/mol. The van der Waals surface area contributed by atoms with Crippen LogP contribution < -0.4 is 0 Å². The molecule has 7 heteroatoms. The summed E-state index contributed by atoms with van der Waals surface area (Å²) in [5, 5.41) is 0. The van der Waals surface area contributed by atoms with Crippen molar-refractivity contribution >= 4 is 11.7 Å². The van der Waals surface area contributed by atoms with Crippen LogP contribution in [0.2, 0.25) is 0 Å². The van der Waals surface area contributed by atoms with E-state index in [0.29, 0.717) is 36.8 Å². The van der Waals surface area contributed by atoms with E-state index in [0.717, 1.165) is 25.0 Å². The number of alkyl halides is 2. The molecule has 2 unspecified atom stereocenters. The normalized spacial score (nSPS) is 30.3.